The molecule has 1 atom stereocenters. The molecular weight excluding hydrogens is 492 g/mol. The van der Waals surface area contributed by atoms with Gasteiger partial charge in [-0.3, -0.25) is 9.78 Å². The summed E-state index contributed by atoms with van der Waals surface area (Å²) in [7, 11) is 3.22. The van der Waals surface area contributed by atoms with Crippen LogP contribution in [-0.2, 0) is 17.9 Å². The molecule has 0 bridgehead atoms. The van der Waals surface area contributed by atoms with E-state index >= 15 is 0 Å². The van der Waals surface area contributed by atoms with E-state index in [2.05, 4.69) is 10.3 Å². The van der Waals surface area contributed by atoms with Gasteiger partial charge in [0.25, 0.3) is 0 Å². The van der Waals surface area contributed by atoms with Crippen molar-refractivity contribution in [2.24, 2.45) is 0 Å². The predicted octanol–water partition coefficient (Wildman–Crippen LogP) is 5.16. The standard InChI is InChI=1S/C31H30N4O4/c1-37-25-15-23(16-26(17-25)38-2)27(18-30(36)33-19-24-11-6-7-13-32-24)28-20-34-31-29(12-8-14-35(28)31)39-21-22-9-4-3-5-10-22/h3-17,20,27H,18-19,21H2,1-2H3,(H,33,36). The fraction of sp³-hybridized carbons (Fsp3) is 0.194. The van der Waals surface area contributed by atoms with Crippen LogP contribution in [0.4, 0.5) is 0 Å². The van der Waals surface area contributed by atoms with Gasteiger partial charge in [-0.25, -0.2) is 4.98 Å². The fourth-order valence-corrected chi connectivity index (χ4v) is 4.48. The van der Waals surface area contributed by atoms with Gasteiger partial charge in [-0.1, -0.05) is 36.4 Å². The number of methoxy groups -OCH3 is 2. The average Bonchev–Trinajstić information content (AvgIpc) is 3.43. The van der Waals surface area contributed by atoms with E-state index < -0.39 is 0 Å². The maximum Gasteiger partial charge on any atom is 0.221 e. The number of hydrogen-bond acceptors (Lipinski definition) is 6. The van der Waals surface area contributed by atoms with Crippen LogP contribution in [0.2, 0.25) is 0 Å². The summed E-state index contributed by atoms with van der Waals surface area (Å²) in [6.07, 6.45) is 5.63. The second-order valence-electron chi connectivity index (χ2n) is 9.02. The van der Waals surface area contributed by atoms with Crippen LogP contribution < -0.4 is 19.5 Å². The van der Waals surface area contributed by atoms with Gasteiger partial charge in [0.1, 0.15) is 18.1 Å². The van der Waals surface area contributed by atoms with E-state index in [0.29, 0.717) is 36.0 Å². The number of carbonyl (C=O) groups is 1. The highest BCUT2D eigenvalue weighted by molar-refractivity contribution is 5.77. The predicted molar refractivity (Wildman–Crippen MR) is 148 cm³/mol. The Morgan fingerprint density at radius 3 is 2.41 bits per heavy atom. The number of aromatic nitrogens is 3. The van der Waals surface area contributed by atoms with E-state index in [9.17, 15) is 4.79 Å². The number of nitrogens with zero attached hydrogens (tertiary/aromatic N) is 3. The quantitative estimate of drug-likeness (QED) is 0.258. The van der Waals surface area contributed by atoms with Crippen molar-refractivity contribution in [2.45, 2.75) is 25.5 Å². The van der Waals surface area contributed by atoms with Crippen LogP contribution in [0.25, 0.3) is 5.65 Å². The van der Waals surface area contributed by atoms with E-state index in [0.717, 1.165) is 22.5 Å². The van der Waals surface area contributed by atoms with Gasteiger partial charge < -0.3 is 23.9 Å². The first-order chi connectivity index (χ1) is 19.1. The van der Waals surface area contributed by atoms with Gasteiger partial charge in [0.15, 0.2) is 11.4 Å². The highest BCUT2D eigenvalue weighted by atomic mass is 16.5. The molecular formula is C31H30N4O4. The third-order valence-corrected chi connectivity index (χ3v) is 6.48. The molecule has 1 N–H and O–H groups in total. The number of ether oxygens (including phenoxy) is 3. The zero-order chi connectivity index (χ0) is 27.0. The molecule has 3 aromatic heterocycles. The van der Waals surface area contributed by atoms with Crippen molar-refractivity contribution in [3.8, 4) is 17.2 Å². The summed E-state index contributed by atoms with van der Waals surface area (Å²) in [6, 6.07) is 25.1. The Hall–Kier alpha value is -4.85. The summed E-state index contributed by atoms with van der Waals surface area (Å²) >= 11 is 0. The van der Waals surface area contributed by atoms with Crippen LogP contribution in [-0.4, -0.2) is 34.5 Å². The first-order valence-corrected chi connectivity index (χ1v) is 12.7. The molecule has 8 nitrogen and oxygen atoms in total. The van der Waals surface area contributed by atoms with Crippen molar-refractivity contribution in [3.63, 3.8) is 0 Å². The number of nitrogens with one attached hydrogen (secondary N) is 1. The molecule has 0 saturated heterocycles. The van der Waals surface area contributed by atoms with Crippen LogP contribution in [0.1, 0.15) is 34.9 Å². The second-order valence-corrected chi connectivity index (χ2v) is 9.02. The summed E-state index contributed by atoms with van der Waals surface area (Å²) in [5, 5.41) is 3.00. The molecule has 0 spiro atoms. The maximum atomic E-state index is 13.2. The number of benzene rings is 2. The summed E-state index contributed by atoms with van der Waals surface area (Å²) in [5.74, 6) is 1.50. The van der Waals surface area contributed by atoms with E-state index in [1.807, 2.05) is 89.5 Å². The molecule has 2 aromatic carbocycles. The molecule has 0 fully saturated rings. The second kappa shape index (κ2) is 12.1. The van der Waals surface area contributed by atoms with Gasteiger partial charge in [0.05, 0.1) is 32.2 Å². The minimum Gasteiger partial charge on any atom is -0.497 e. The minimum absolute atomic E-state index is 0.112. The average molecular weight is 523 g/mol. The molecule has 1 unspecified atom stereocenters. The molecule has 198 valence electrons. The summed E-state index contributed by atoms with van der Waals surface area (Å²) in [5.41, 5.74) is 4.25. The first-order valence-electron chi connectivity index (χ1n) is 12.7. The lowest BCUT2D eigenvalue weighted by molar-refractivity contribution is -0.121. The van der Waals surface area contributed by atoms with E-state index in [1.54, 1.807) is 26.6 Å². The van der Waals surface area contributed by atoms with Crippen LogP contribution in [0.5, 0.6) is 17.2 Å². The van der Waals surface area contributed by atoms with Gasteiger partial charge in [-0.05, 0) is 47.5 Å². The molecule has 0 radical (unpaired) electrons. The molecule has 5 rings (SSSR count). The Labute approximate surface area is 227 Å². The molecule has 39 heavy (non-hydrogen) atoms. The topological polar surface area (TPSA) is 87.0 Å². The number of carbonyl (C=O) groups excluding carboxylic acids is 1. The molecule has 0 aliphatic rings. The van der Waals surface area contributed by atoms with Crippen LogP contribution in [0, 0.1) is 0 Å². The molecule has 5 aromatic rings. The lowest BCUT2D eigenvalue weighted by Crippen LogP contribution is -2.25. The fourth-order valence-electron chi connectivity index (χ4n) is 4.48. The Balaban J connectivity index is 1.47. The number of rotatable bonds is 11. The minimum atomic E-state index is -0.336. The number of pyridine rings is 2. The van der Waals surface area contributed by atoms with Gasteiger partial charge in [0.2, 0.25) is 5.91 Å². The molecule has 0 saturated carbocycles. The maximum absolute atomic E-state index is 13.2. The summed E-state index contributed by atoms with van der Waals surface area (Å²) in [4.78, 5) is 22.2. The summed E-state index contributed by atoms with van der Waals surface area (Å²) in [6.45, 7) is 0.771. The Bertz CT molecular complexity index is 1510. The highest BCUT2D eigenvalue weighted by Crippen LogP contribution is 2.35. The third-order valence-electron chi connectivity index (χ3n) is 6.48. The Morgan fingerprint density at radius 1 is 0.923 bits per heavy atom. The molecule has 3 heterocycles. The molecule has 8 heteroatoms. The lowest BCUT2D eigenvalue weighted by Gasteiger charge is -2.19. The Kier molecular flexibility index (Phi) is 8.02. The van der Waals surface area contributed by atoms with Crippen molar-refractivity contribution in [3.05, 3.63) is 120 Å². The van der Waals surface area contributed by atoms with Crippen molar-refractivity contribution in [1.29, 1.82) is 0 Å². The van der Waals surface area contributed by atoms with Crippen molar-refractivity contribution in [1.82, 2.24) is 19.7 Å². The monoisotopic (exact) mass is 522 g/mol. The van der Waals surface area contributed by atoms with Gasteiger partial charge >= 0.3 is 0 Å². The third kappa shape index (κ3) is 6.18. The zero-order valence-electron chi connectivity index (χ0n) is 21.9. The first kappa shape index (κ1) is 25.8. The number of fused-ring (bicyclic) bond motifs is 1. The SMILES string of the molecule is COc1cc(OC)cc(C(CC(=O)NCc2ccccn2)c2cnc3c(OCc4ccccc4)cccn23)c1. The van der Waals surface area contributed by atoms with E-state index in [1.165, 1.54) is 0 Å². The van der Waals surface area contributed by atoms with Crippen molar-refractivity contribution < 1.29 is 19.0 Å². The molecule has 0 aliphatic carbocycles. The van der Waals surface area contributed by atoms with Crippen LogP contribution >= 0.6 is 0 Å². The van der Waals surface area contributed by atoms with Crippen molar-refractivity contribution >= 4 is 11.6 Å². The van der Waals surface area contributed by atoms with Gasteiger partial charge in [-0.2, -0.15) is 0 Å². The molecule has 0 aliphatic heterocycles. The summed E-state index contributed by atoms with van der Waals surface area (Å²) < 4.78 is 19.2. The molecule has 1 amide bonds. The highest BCUT2D eigenvalue weighted by Gasteiger charge is 2.24. The van der Waals surface area contributed by atoms with Gasteiger partial charge in [0, 0.05) is 37.0 Å². The zero-order valence-corrected chi connectivity index (χ0v) is 21.9. The van der Waals surface area contributed by atoms with E-state index in [-0.39, 0.29) is 18.2 Å². The number of imidazole rings is 1. The normalized spacial score (nSPS) is 11.6. The van der Waals surface area contributed by atoms with E-state index in [4.69, 9.17) is 19.2 Å². The number of hydrogen-bond donors (Lipinski definition) is 1. The lowest BCUT2D eigenvalue weighted by atomic mass is 9.91. The van der Waals surface area contributed by atoms with Crippen molar-refractivity contribution in [2.75, 3.05) is 14.2 Å². The van der Waals surface area contributed by atoms with Gasteiger partial charge in [-0.15, -0.1) is 0 Å². The number of amides is 1. The smallest absolute Gasteiger partial charge is 0.221 e. The van der Waals surface area contributed by atoms with Crippen LogP contribution in [0.3, 0.4) is 0 Å². The Morgan fingerprint density at radius 2 is 1.69 bits per heavy atom. The van der Waals surface area contributed by atoms with Crippen LogP contribution in [0.15, 0.2) is 97.5 Å². The largest absolute Gasteiger partial charge is 0.497 e.